The molecule has 612 valence electrons. The lowest BCUT2D eigenvalue weighted by Gasteiger charge is -2.33. The molecule has 0 spiro atoms. The van der Waals surface area contributed by atoms with Crippen LogP contribution < -0.4 is 9.80 Å². The number of benzene rings is 20. The van der Waals surface area contributed by atoms with E-state index in [9.17, 15) is 0 Å². The Morgan fingerprint density at radius 1 is 0.169 bits per heavy atom. The van der Waals surface area contributed by atoms with Crippen molar-refractivity contribution in [1.29, 1.82) is 0 Å². The molecule has 4 heterocycles. The first-order valence-electron chi connectivity index (χ1n) is 44.7. The Hall–Kier alpha value is -15.1. The summed E-state index contributed by atoms with van der Waals surface area (Å²) in [5.74, 6) is 0. The van der Waals surface area contributed by atoms with Crippen molar-refractivity contribution < 1.29 is 0 Å². The Bertz CT molecular complexity index is 8460. The Labute approximate surface area is 771 Å². The summed E-state index contributed by atoms with van der Waals surface area (Å²) in [6, 6.07) is 170. The van der Waals surface area contributed by atoms with Gasteiger partial charge in [0, 0.05) is 131 Å². The van der Waals surface area contributed by atoms with Gasteiger partial charge in [-0.3, -0.25) is 0 Å². The molecule has 26 rings (SSSR count). The van der Waals surface area contributed by atoms with Crippen molar-refractivity contribution in [3.63, 3.8) is 0 Å². The molecule has 2 aliphatic carbocycles. The molecule has 20 aromatic carbocycles. The fraction of sp³-hybridized carbons (Fsp3) is 0.0323. The molecule has 0 N–H and O–H groups in total. The SMILES string of the molecule is CC1(C)c2ccccc2-c2c1ccc1c2sc2c(-c3ccc(N(c4ccc(-c5ccccc5)cc4)c4ccc(-c5cccc6c5sc5ccccc56)cc4)cc3)cccc21.c1ccc(-c2ccc(N(c3ccc(-c4cccc5c4sc4ccccc45)cc3)c3ccc(-c4cccc5c4sc4c6c(ccc45)C(c4ccccc4)(c4ccccc4)c4ccccc4-6)cc3)cc2)cc1. The highest BCUT2D eigenvalue weighted by molar-refractivity contribution is 7.28. The van der Waals surface area contributed by atoms with E-state index in [1.807, 2.05) is 45.3 Å². The van der Waals surface area contributed by atoms with Crippen LogP contribution in [0.25, 0.3) is 170 Å². The molecule has 0 saturated carbocycles. The van der Waals surface area contributed by atoms with Gasteiger partial charge in [0.25, 0.3) is 0 Å². The highest BCUT2D eigenvalue weighted by Gasteiger charge is 2.47. The third-order valence-corrected chi connectivity index (χ3v) is 32.3. The fourth-order valence-electron chi connectivity index (χ4n) is 21.1. The maximum absolute atomic E-state index is 2.42. The molecule has 4 aromatic heterocycles. The van der Waals surface area contributed by atoms with Gasteiger partial charge in [-0.15, -0.1) is 45.3 Å². The summed E-state index contributed by atoms with van der Waals surface area (Å²) in [7, 11) is 0. The molecule has 0 amide bonds. The summed E-state index contributed by atoms with van der Waals surface area (Å²) in [5, 5.41) is 10.6. The number of hydrogen-bond donors (Lipinski definition) is 0. The van der Waals surface area contributed by atoms with Crippen LogP contribution in [0.2, 0.25) is 0 Å². The van der Waals surface area contributed by atoms with Crippen molar-refractivity contribution in [2.75, 3.05) is 9.80 Å². The van der Waals surface area contributed by atoms with Gasteiger partial charge in [-0.05, 0) is 196 Å². The highest BCUT2D eigenvalue weighted by atomic mass is 32.1. The molecular weight excluding hydrogens is 1650 g/mol. The van der Waals surface area contributed by atoms with Crippen LogP contribution >= 0.6 is 45.3 Å². The summed E-state index contributed by atoms with van der Waals surface area (Å²) in [4.78, 5) is 4.76. The molecule has 6 heteroatoms. The standard InChI is InChI=1S/C67H43NS2.C57H39NS2/c1-4-16-44(17-5-1)45-30-36-50(37-31-45)68(51-38-32-46(33-39-51)53-24-14-26-56-55-22-11-13-29-62(55)69-64(53)56)52-40-34-47(35-41-52)54-25-15-27-57-58-42-43-61-63(66(58)70-65(54)57)59-23-10-12-28-60(59)67(61,48-18-6-2-7-19-48)49-20-8-3-9-21-49;1-57(2)50-20-8-6-15-49(50)53-51(57)35-34-48-47-19-11-17-44(55(47)60-56(48)53)39-26-32-42(33-27-39)58(40-28-22-37(23-29-40)36-12-4-3-5-13-36)41-30-24-38(25-31-41)43-16-10-18-46-45-14-7-9-21-52(45)59-54(43)46/h1-43H;3-35H,1-2H3. The van der Waals surface area contributed by atoms with Crippen molar-refractivity contribution in [2.24, 2.45) is 0 Å². The van der Waals surface area contributed by atoms with Crippen LogP contribution in [0, 0.1) is 0 Å². The lowest BCUT2D eigenvalue weighted by molar-refractivity contribution is 0.661. The van der Waals surface area contributed by atoms with Gasteiger partial charge in [0.15, 0.2) is 0 Å². The van der Waals surface area contributed by atoms with Crippen LogP contribution in [0.15, 0.2) is 461 Å². The van der Waals surface area contributed by atoms with E-state index in [2.05, 4.69) is 485 Å². The van der Waals surface area contributed by atoms with Crippen molar-refractivity contribution >= 4 is 160 Å². The van der Waals surface area contributed by atoms with E-state index in [1.165, 1.54) is 203 Å². The molecule has 2 aliphatic rings. The minimum atomic E-state index is -0.432. The largest absolute Gasteiger partial charge is 0.311 e. The monoisotopic (exact) mass is 1730 g/mol. The normalized spacial score (nSPS) is 12.8. The van der Waals surface area contributed by atoms with Crippen LogP contribution in [-0.4, -0.2) is 0 Å². The Kier molecular flexibility index (Phi) is 18.7. The predicted molar refractivity (Wildman–Crippen MR) is 561 cm³/mol. The molecule has 130 heavy (non-hydrogen) atoms. The number of thiophene rings is 4. The van der Waals surface area contributed by atoms with Gasteiger partial charge >= 0.3 is 0 Å². The fourth-order valence-corrected chi connectivity index (χ4v) is 26.4. The van der Waals surface area contributed by atoms with Gasteiger partial charge in [0.1, 0.15) is 0 Å². The molecule has 0 bridgehead atoms. The van der Waals surface area contributed by atoms with Crippen LogP contribution in [-0.2, 0) is 10.8 Å². The first-order valence-corrected chi connectivity index (χ1v) is 47.9. The minimum absolute atomic E-state index is 0.0176. The number of hydrogen-bond acceptors (Lipinski definition) is 6. The smallest absolute Gasteiger partial charge is 0.0714 e. The van der Waals surface area contributed by atoms with Crippen molar-refractivity contribution in [3.8, 4) is 89.0 Å². The van der Waals surface area contributed by atoms with Crippen LogP contribution in [0.4, 0.5) is 34.1 Å². The summed E-state index contributed by atoms with van der Waals surface area (Å²) in [6.07, 6.45) is 0. The summed E-state index contributed by atoms with van der Waals surface area (Å²) < 4.78 is 10.7. The molecule has 24 aromatic rings. The van der Waals surface area contributed by atoms with Crippen LogP contribution in [0.5, 0.6) is 0 Å². The maximum atomic E-state index is 2.42. The zero-order chi connectivity index (χ0) is 86.1. The van der Waals surface area contributed by atoms with Crippen LogP contribution in [0.1, 0.15) is 47.2 Å². The van der Waals surface area contributed by atoms with Crippen molar-refractivity contribution in [1.82, 2.24) is 0 Å². The third kappa shape index (κ3) is 12.6. The van der Waals surface area contributed by atoms with E-state index < -0.39 is 5.41 Å². The van der Waals surface area contributed by atoms with E-state index in [4.69, 9.17) is 0 Å². The van der Waals surface area contributed by atoms with Crippen LogP contribution in [0.3, 0.4) is 0 Å². The van der Waals surface area contributed by atoms with Gasteiger partial charge in [-0.25, -0.2) is 0 Å². The van der Waals surface area contributed by atoms with E-state index >= 15 is 0 Å². The van der Waals surface area contributed by atoms with Gasteiger partial charge in [0.05, 0.1) is 5.41 Å². The van der Waals surface area contributed by atoms with E-state index in [0.29, 0.717) is 0 Å². The average molecular weight is 1730 g/mol. The minimum Gasteiger partial charge on any atom is -0.311 e. The number of nitrogens with zero attached hydrogens (tertiary/aromatic N) is 2. The molecule has 0 radical (unpaired) electrons. The second-order valence-corrected chi connectivity index (χ2v) is 38.9. The molecule has 0 saturated heterocycles. The Morgan fingerprint density at radius 3 is 0.815 bits per heavy atom. The first kappa shape index (κ1) is 77.2. The van der Waals surface area contributed by atoms with Gasteiger partial charge in [0.2, 0.25) is 0 Å². The summed E-state index contributed by atoms with van der Waals surface area (Å²) in [5.41, 5.74) is 34.5. The Morgan fingerprint density at radius 2 is 0.431 bits per heavy atom. The lowest BCUT2D eigenvalue weighted by atomic mass is 9.68. The van der Waals surface area contributed by atoms with Crippen molar-refractivity contribution in [3.05, 3.63) is 494 Å². The summed E-state index contributed by atoms with van der Waals surface area (Å²) >= 11 is 7.65. The molecule has 2 nitrogen and oxygen atoms in total. The second-order valence-electron chi connectivity index (χ2n) is 34.7. The van der Waals surface area contributed by atoms with E-state index in [-0.39, 0.29) is 5.41 Å². The maximum Gasteiger partial charge on any atom is 0.0714 e. The topological polar surface area (TPSA) is 6.48 Å². The quantitative estimate of drug-likeness (QED) is 0.107. The average Bonchev–Trinajstić information content (AvgIpc) is 1.52. The van der Waals surface area contributed by atoms with E-state index in [1.54, 1.807) is 0 Å². The third-order valence-electron chi connectivity index (χ3n) is 27.3. The first-order chi connectivity index (χ1) is 64.2. The highest BCUT2D eigenvalue weighted by Crippen LogP contribution is 2.61. The molecule has 0 fully saturated rings. The second kappa shape index (κ2) is 31.4. The predicted octanol–water partition coefficient (Wildman–Crippen LogP) is 36.5. The number of anilines is 6. The molecule has 0 unspecified atom stereocenters. The lowest BCUT2D eigenvalue weighted by Crippen LogP contribution is -2.28. The molecule has 0 aliphatic heterocycles. The number of fused-ring (bicyclic) bond motifs is 20. The van der Waals surface area contributed by atoms with Gasteiger partial charge in [-0.2, -0.15) is 0 Å². The Balaban J connectivity index is 0.000000142. The zero-order valence-corrected chi connectivity index (χ0v) is 74.7. The molecular formula is C124H82N2S4. The summed E-state index contributed by atoms with van der Waals surface area (Å²) in [6.45, 7) is 4.73. The molecule has 0 atom stereocenters. The number of rotatable bonds is 14. The zero-order valence-electron chi connectivity index (χ0n) is 71.4. The van der Waals surface area contributed by atoms with E-state index in [0.717, 1.165) is 34.1 Å². The van der Waals surface area contributed by atoms with Gasteiger partial charge < -0.3 is 9.80 Å². The van der Waals surface area contributed by atoms with Crippen molar-refractivity contribution in [2.45, 2.75) is 24.7 Å². The van der Waals surface area contributed by atoms with Gasteiger partial charge in [-0.1, -0.05) is 390 Å².